The lowest BCUT2D eigenvalue weighted by atomic mass is 9.84. The molecule has 4 heteroatoms. The average Bonchev–Trinajstić information content (AvgIpc) is 2.46. The Labute approximate surface area is 125 Å². The van der Waals surface area contributed by atoms with Crippen molar-refractivity contribution in [2.75, 3.05) is 26.2 Å². The fourth-order valence-corrected chi connectivity index (χ4v) is 2.97. The molecule has 1 heterocycles. The predicted molar refractivity (Wildman–Crippen MR) is 80.6 cm³/mol. The van der Waals surface area contributed by atoms with Crippen LogP contribution in [0.1, 0.15) is 24.8 Å². The van der Waals surface area contributed by atoms with Crippen LogP contribution >= 0.6 is 0 Å². The molecule has 1 saturated heterocycles. The molecule has 2 fully saturated rings. The van der Waals surface area contributed by atoms with E-state index in [9.17, 15) is 9.59 Å². The van der Waals surface area contributed by atoms with Gasteiger partial charge in [0, 0.05) is 32.1 Å². The second kappa shape index (κ2) is 6.29. The maximum Gasteiger partial charge on any atom is 0.227 e. The Hall–Kier alpha value is -1.84. The van der Waals surface area contributed by atoms with E-state index in [0.29, 0.717) is 38.5 Å². The molecule has 3 rings (SSSR count). The molecule has 1 aromatic rings. The lowest BCUT2D eigenvalue weighted by Crippen LogP contribution is -2.52. The van der Waals surface area contributed by atoms with Crippen LogP contribution in [0.25, 0.3) is 0 Å². The maximum atomic E-state index is 12.3. The number of piperazine rings is 1. The second-order valence-corrected chi connectivity index (χ2v) is 6.00. The Morgan fingerprint density at radius 3 is 2.14 bits per heavy atom. The fraction of sp³-hybridized carbons (Fsp3) is 0.529. The molecule has 0 atom stereocenters. The number of hydrogen-bond donors (Lipinski definition) is 0. The van der Waals surface area contributed by atoms with E-state index >= 15 is 0 Å². The summed E-state index contributed by atoms with van der Waals surface area (Å²) in [5.74, 6) is 0.727. The maximum absolute atomic E-state index is 12.3. The minimum atomic E-state index is 0.164. The Balaban J connectivity index is 1.48. The third kappa shape index (κ3) is 3.26. The molecule has 0 radical (unpaired) electrons. The van der Waals surface area contributed by atoms with E-state index in [4.69, 9.17) is 0 Å². The molecular formula is C17H22N2O2. The van der Waals surface area contributed by atoms with Crippen molar-refractivity contribution in [1.29, 1.82) is 0 Å². The van der Waals surface area contributed by atoms with Gasteiger partial charge in [-0.3, -0.25) is 9.59 Å². The van der Waals surface area contributed by atoms with Crippen LogP contribution in [-0.2, 0) is 16.0 Å². The first kappa shape index (κ1) is 14.1. The van der Waals surface area contributed by atoms with E-state index in [1.165, 1.54) is 6.42 Å². The molecule has 1 aliphatic carbocycles. The van der Waals surface area contributed by atoms with Gasteiger partial charge < -0.3 is 9.80 Å². The standard InChI is InChI=1S/C17H22N2O2/c20-16(13-14-5-2-1-3-6-14)18-9-11-19(12-10-18)17(21)15-7-4-8-15/h1-3,5-6,15H,4,7-13H2. The normalized spacial score (nSPS) is 19.2. The van der Waals surface area contributed by atoms with Crippen molar-refractivity contribution in [2.24, 2.45) is 5.92 Å². The monoisotopic (exact) mass is 286 g/mol. The molecule has 1 aromatic carbocycles. The van der Waals surface area contributed by atoms with Gasteiger partial charge in [0.05, 0.1) is 6.42 Å². The highest BCUT2D eigenvalue weighted by Gasteiger charge is 2.31. The molecule has 0 unspecified atom stereocenters. The number of amides is 2. The molecule has 0 aromatic heterocycles. The van der Waals surface area contributed by atoms with Crippen LogP contribution in [0.4, 0.5) is 0 Å². The summed E-state index contributed by atoms with van der Waals surface area (Å²) in [5, 5.41) is 0. The van der Waals surface area contributed by atoms with Crippen LogP contribution in [0.5, 0.6) is 0 Å². The van der Waals surface area contributed by atoms with Crippen LogP contribution in [0, 0.1) is 5.92 Å². The summed E-state index contributed by atoms with van der Waals surface area (Å²) < 4.78 is 0. The van der Waals surface area contributed by atoms with Gasteiger partial charge in [-0.05, 0) is 18.4 Å². The zero-order valence-electron chi connectivity index (χ0n) is 12.3. The highest BCUT2D eigenvalue weighted by atomic mass is 16.2. The topological polar surface area (TPSA) is 40.6 Å². The number of benzene rings is 1. The largest absolute Gasteiger partial charge is 0.339 e. The van der Waals surface area contributed by atoms with Crippen molar-refractivity contribution in [2.45, 2.75) is 25.7 Å². The van der Waals surface area contributed by atoms with Crippen molar-refractivity contribution in [3.63, 3.8) is 0 Å². The molecule has 1 saturated carbocycles. The SMILES string of the molecule is O=C(Cc1ccccc1)N1CCN(C(=O)C2CCC2)CC1. The number of carbonyl (C=O) groups is 2. The van der Waals surface area contributed by atoms with Crippen LogP contribution in [0.3, 0.4) is 0 Å². The van der Waals surface area contributed by atoms with E-state index in [1.807, 2.05) is 40.1 Å². The molecule has 2 amide bonds. The Kier molecular flexibility index (Phi) is 4.23. The third-order valence-electron chi connectivity index (χ3n) is 4.60. The number of hydrogen-bond acceptors (Lipinski definition) is 2. The first-order valence-corrected chi connectivity index (χ1v) is 7.84. The van der Waals surface area contributed by atoms with Crippen molar-refractivity contribution < 1.29 is 9.59 Å². The van der Waals surface area contributed by atoms with Crippen molar-refractivity contribution in [3.8, 4) is 0 Å². The summed E-state index contributed by atoms with van der Waals surface area (Å²) in [6.07, 6.45) is 3.74. The van der Waals surface area contributed by atoms with Crippen molar-refractivity contribution in [1.82, 2.24) is 9.80 Å². The molecule has 0 bridgehead atoms. The number of nitrogens with zero attached hydrogens (tertiary/aromatic N) is 2. The highest BCUT2D eigenvalue weighted by molar-refractivity contribution is 5.81. The zero-order chi connectivity index (χ0) is 14.7. The number of carbonyl (C=O) groups excluding carboxylic acids is 2. The molecule has 2 aliphatic rings. The van der Waals surface area contributed by atoms with Gasteiger partial charge in [-0.1, -0.05) is 36.8 Å². The van der Waals surface area contributed by atoms with E-state index in [0.717, 1.165) is 18.4 Å². The molecule has 21 heavy (non-hydrogen) atoms. The van der Waals surface area contributed by atoms with E-state index in [1.54, 1.807) is 0 Å². The van der Waals surface area contributed by atoms with Crippen LogP contribution in [0.15, 0.2) is 30.3 Å². The molecule has 112 valence electrons. The van der Waals surface area contributed by atoms with Gasteiger partial charge in [0.1, 0.15) is 0 Å². The van der Waals surface area contributed by atoms with Gasteiger partial charge in [0.25, 0.3) is 0 Å². The van der Waals surface area contributed by atoms with Crippen molar-refractivity contribution in [3.05, 3.63) is 35.9 Å². The molecular weight excluding hydrogens is 264 g/mol. The number of rotatable bonds is 3. The van der Waals surface area contributed by atoms with Crippen LogP contribution < -0.4 is 0 Å². The van der Waals surface area contributed by atoms with Crippen molar-refractivity contribution >= 4 is 11.8 Å². The minimum absolute atomic E-state index is 0.164. The molecule has 0 spiro atoms. The summed E-state index contributed by atoms with van der Waals surface area (Å²) >= 11 is 0. The molecule has 1 aliphatic heterocycles. The van der Waals surface area contributed by atoms with Crippen LogP contribution in [0.2, 0.25) is 0 Å². The van der Waals surface area contributed by atoms with Gasteiger partial charge in [0.15, 0.2) is 0 Å². The summed E-state index contributed by atoms with van der Waals surface area (Å²) in [6.45, 7) is 2.72. The summed E-state index contributed by atoms with van der Waals surface area (Å²) in [5.41, 5.74) is 1.05. The first-order chi connectivity index (χ1) is 10.2. The fourth-order valence-electron chi connectivity index (χ4n) is 2.97. The summed E-state index contributed by atoms with van der Waals surface area (Å²) in [6, 6.07) is 9.83. The van der Waals surface area contributed by atoms with Gasteiger partial charge in [-0.15, -0.1) is 0 Å². The third-order valence-corrected chi connectivity index (χ3v) is 4.60. The smallest absolute Gasteiger partial charge is 0.227 e. The molecule has 4 nitrogen and oxygen atoms in total. The Morgan fingerprint density at radius 1 is 0.952 bits per heavy atom. The van der Waals surface area contributed by atoms with E-state index in [2.05, 4.69) is 0 Å². The Morgan fingerprint density at radius 2 is 1.57 bits per heavy atom. The summed E-state index contributed by atoms with van der Waals surface area (Å²) in [7, 11) is 0. The van der Waals surface area contributed by atoms with E-state index < -0.39 is 0 Å². The first-order valence-electron chi connectivity index (χ1n) is 7.84. The van der Waals surface area contributed by atoms with Gasteiger partial charge in [-0.25, -0.2) is 0 Å². The molecule has 0 N–H and O–H groups in total. The zero-order valence-corrected chi connectivity index (χ0v) is 12.3. The second-order valence-electron chi connectivity index (χ2n) is 6.00. The lowest BCUT2D eigenvalue weighted by Gasteiger charge is -2.38. The van der Waals surface area contributed by atoms with Crippen LogP contribution in [-0.4, -0.2) is 47.8 Å². The Bertz CT molecular complexity index is 503. The van der Waals surface area contributed by atoms with Gasteiger partial charge >= 0.3 is 0 Å². The minimum Gasteiger partial charge on any atom is -0.339 e. The summed E-state index contributed by atoms with van der Waals surface area (Å²) in [4.78, 5) is 28.3. The predicted octanol–water partition coefficient (Wildman–Crippen LogP) is 1.70. The average molecular weight is 286 g/mol. The lowest BCUT2D eigenvalue weighted by molar-refractivity contribution is -0.143. The quantitative estimate of drug-likeness (QED) is 0.848. The van der Waals surface area contributed by atoms with Gasteiger partial charge in [-0.2, -0.15) is 0 Å². The van der Waals surface area contributed by atoms with Gasteiger partial charge in [0.2, 0.25) is 11.8 Å². The highest BCUT2D eigenvalue weighted by Crippen LogP contribution is 2.28. The van der Waals surface area contributed by atoms with E-state index in [-0.39, 0.29) is 11.8 Å².